The van der Waals surface area contributed by atoms with Gasteiger partial charge in [0.2, 0.25) is 0 Å². The fraction of sp³-hybridized carbons (Fsp3) is 0.0870. The van der Waals surface area contributed by atoms with Gasteiger partial charge in [-0.1, -0.05) is 54.6 Å². The van der Waals surface area contributed by atoms with Crippen LogP contribution in [0.3, 0.4) is 0 Å². The van der Waals surface area contributed by atoms with Crippen LogP contribution in [-0.4, -0.2) is 21.0 Å². The van der Waals surface area contributed by atoms with Crippen LogP contribution >= 0.6 is 0 Å². The van der Waals surface area contributed by atoms with Crippen LogP contribution < -0.4 is 0 Å². The summed E-state index contributed by atoms with van der Waals surface area (Å²) < 4.78 is 0. The molecule has 2 heterocycles. The lowest BCUT2D eigenvalue weighted by Crippen LogP contribution is -2.09. The molecule has 0 bridgehead atoms. The van der Waals surface area contributed by atoms with Crippen LogP contribution in [0.2, 0.25) is 0 Å². The number of hydrogen-bond donors (Lipinski definition) is 1. The van der Waals surface area contributed by atoms with Gasteiger partial charge in [0.05, 0.1) is 16.8 Å². The van der Waals surface area contributed by atoms with Crippen LogP contribution in [0.1, 0.15) is 21.5 Å². The summed E-state index contributed by atoms with van der Waals surface area (Å²) >= 11 is 0. The third-order valence-electron chi connectivity index (χ3n) is 4.64. The predicted molar refractivity (Wildman–Crippen MR) is 106 cm³/mol. The number of hydrogen-bond acceptors (Lipinski definition) is 3. The number of nitrogens with zero attached hydrogens (tertiary/aromatic N) is 2. The van der Waals surface area contributed by atoms with Crippen LogP contribution in [0, 0.1) is 0 Å². The van der Waals surface area contributed by atoms with Crippen LogP contribution in [-0.2, 0) is 12.8 Å². The first kappa shape index (κ1) is 16.9. The van der Waals surface area contributed by atoms with Gasteiger partial charge < -0.3 is 5.11 Å². The molecule has 0 amide bonds. The molecule has 0 spiro atoms. The fourth-order valence-electron chi connectivity index (χ4n) is 3.39. The van der Waals surface area contributed by atoms with Crippen molar-refractivity contribution in [2.24, 2.45) is 0 Å². The smallest absolute Gasteiger partial charge is 0.336 e. The molecule has 0 saturated carbocycles. The maximum Gasteiger partial charge on any atom is 0.336 e. The zero-order chi connectivity index (χ0) is 18.6. The Bertz CT molecular complexity index is 1090. The molecule has 0 unspecified atom stereocenters. The molecule has 0 saturated heterocycles. The maximum absolute atomic E-state index is 12.2. The summed E-state index contributed by atoms with van der Waals surface area (Å²) in [6, 6.07) is 21.1. The van der Waals surface area contributed by atoms with Gasteiger partial charge in [-0.05, 0) is 36.1 Å². The quantitative estimate of drug-likeness (QED) is 0.560. The highest BCUT2D eigenvalue weighted by atomic mass is 16.4. The lowest BCUT2D eigenvalue weighted by molar-refractivity contribution is 0.0698. The van der Waals surface area contributed by atoms with Crippen molar-refractivity contribution < 1.29 is 9.90 Å². The van der Waals surface area contributed by atoms with Gasteiger partial charge in [-0.15, -0.1) is 0 Å². The normalized spacial score (nSPS) is 10.8. The van der Waals surface area contributed by atoms with Crippen molar-refractivity contribution >= 4 is 16.9 Å². The number of pyridine rings is 2. The Morgan fingerprint density at radius 1 is 0.889 bits per heavy atom. The fourth-order valence-corrected chi connectivity index (χ4v) is 3.39. The minimum absolute atomic E-state index is 0.336. The number of benzene rings is 2. The molecular formula is C23H18N2O2. The van der Waals surface area contributed by atoms with Crippen LogP contribution in [0.15, 0.2) is 79.1 Å². The highest BCUT2D eigenvalue weighted by Crippen LogP contribution is 2.31. The molecule has 0 aliphatic carbocycles. The predicted octanol–water partition coefficient (Wildman–Crippen LogP) is 4.78. The van der Waals surface area contributed by atoms with Gasteiger partial charge in [0.1, 0.15) is 0 Å². The van der Waals surface area contributed by atoms with E-state index in [1.165, 1.54) is 0 Å². The number of rotatable bonds is 5. The number of carboxylic acids is 1. The topological polar surface area (TPSA) is 63.1 Å². The van der Waals surface area contributed by atoms with Gasteiger partial charge in [0, 0.05) is 23.3 Å². The number of aromatic carboxylic acids is 1. The second kappa shape index (κ2) is 7.38. The Morgan fingerprint density at radius 2 is 1.67 bits per heavy atom. The van der Waals surface area contributed by atoms with Crippen molar-refractivity contribution in [2.45, 2.75) is 12.8 Å². The average molecular weight is 354 g/mol. The Labute approximate surface area is 157 Å². The van der Waals surface area contributed by atoms with Gasteiger partial charge in [-0.25, -0.2) is 9.78 Å². The minimum Gasteiger partial charge on any atom is -0.478 e. The number of aryl methyl sites for hydroxylation is 1. The summed E-state index contributed by atoms with van der Waals surface area (Å²) in [7, 11) is 0. The highest BCUT2D eigenvalue weighted by molar-refractivity contribution is 6.05. The molecule has 4 rings (SSSR count). The van der Waals surface area contributed by atoms with E-state index in [1.807, 2.05) is 72.9 Å². The molecule has 0 atom stereocenters. The zero-order valence-electron chi connectivity index (χ0n) is 14.7. The van der Waals surface area contributed by atoms with E-state index in [0.29, 0.717) is 29.3 Å². The summed E-state index contributed by atoms with van der Waals surface area (Å²) in [5.74, 6) is -0.924. The number of fused-ring (bicyclic) bond motifs is 1. The second-order valence-electron chi connectivity index (χ2n) is 6.36. The molecule has 2 aromatic carbocycles. The molecule has 0 aliphatic rings. The first-order chi connectivity index (χ1) is 13.2. The zero-order valence-corrected chi connectivity index (χ0v) is 14.7. The van der Waals surface area contributed by atoms with E-state index in [9.17, 15) is 9.90 Å². The van der Waals surface area contributed by atoms with Crippen LogP contribution in [0.4, 0.5) is 0 Å². The van der Waals surface area contributed by atoms with Gasteiger partial charge in [-0.2, -0.15) is 0 Å². The molecule has 132 valence electrons. The largest absolute Gasteiger partial charge is 0.478 e. The Hall–Kier alpha value is -3.53. The third kappa shape index (κ3) is 3.42. The molecule has 4 aromatic rings. The third-order valence-corrected chi connectivity index (χ3v) is 4.64. The van der Waals surface area contributed by atoms with Crippen LogP contribution in [0.5, 0.6) is 0 Å². The van der Waals surface area contributed by atoms with Crippen molar-refractivity contribution in [1.29, 1.82) is 0 Å². The summed E-state index contributed by atoms with van der Waals surface area (Å²) in [6.07, 6.45) is 4.83. The highest BCUT2D eigenvalue weighted by Gasteiger charge is 2.20. The van der Waals surface area contributed by atoms with Gasteiger partial charge in [-0.3, -0.25) is 4.98 Å². The van der Waals surface area contributed by atoms with E-state index in [4.69, 9.17) is 4.98 Å². The molecule has 4 nitrogen and oxygen atoms in total. The number of carbonyl (C=O) groups is 1. The van der Waals surface area contributed by atoms with Crippen LogP contribution in [0.25, 0.3) is 22.2 Å². The van der Waals surface area contributed by atoms with Crippen molar-refractivity contribution in [1.82, 2.24) is 9.97 Å². The van der Waals surface area contributed by atoms with Crippen molar-refractivity contribution in [3.8, 4) is 11.3 Å². The first-order valence-corrected chi connectivity index (χ1v) is 8.83. The summed E-state index contributed by atoms with van der Waals surface area (Å²) in [4.78, 5) is 21.2. The molecule has 4 heteroatoms. The van der Waals surface area contributed by atoms with E-state index in [1.54, 1.807) is 6.20 Å². The number of carboxylic acid groups (broad SMARTS) is 1. The minimum atomic E-state index is -0.924. The Kier molecular flexibility index (Phi) is 4.62. The maximum atomic E-state index is 12.2. The van der Waals surface area contributed by atoms with Crippen molar-refractivity contribution in [2.75, 3.05) is 0 Å². The lowest BCUT2D eigenvalue weighted by atomic mass is 9.92. The Balaban J connectivity index is 1.92. The summed E-state index contributed by atoms with van der Waals surface area (Å²) in [5, 5.41) is 10.7. The number of para-hydroxylation sites is 1. The summed E-state index contributed by atoms with van der Waals surface area (Å²) in [5.41, 5.74) is 4.52. The van der Waals surface area contributed by atoms with E-state index < -0.39 is 5.97 Å². The van der Waals surface area contributed by atoms with Gasteiger partial charge in [0.25, 0.3) is 0 Å². The Morgan fingerprint density at radius 3 is 2.41 bits per heavy atom. The van der Waals surface area contributed by atoms with Gasteiger partial charge in [0.15, 0.2) is 0 Å². The van der Waals surface area contributed by atoms with E-state index in [-0.39, 0.29) is 0 Å². The summed E-state index contributed by atoms with van der Waals surface area (Å²) in [6.45, 7) is 0. The monoisotopic (exact) mass is 354 g/mol. The number of aromatic nitrogens is 2. The van der Waals surface area contributed by atoms with Gasteiger partial charge >= 0.3 is 5.97 Å². The van der Waals surface area contributed by atoms with E-state index in [2.05, 4.69) is 4.98 Å². The van der Waals surface area contributed by atoms with Crippen molar-refractivity contribution in [3.05, 3.63) is 95.8 Å². The standard InChI is InChI=1S/C23H18N2O2/c26-23(27)21-18-10-4-5-11-20(18)25-22(17-8-2-1-3-9-17)19(21)13-12-16-7-6-14-24-15-16/h1-11,14-15H,12-13H2,(H,26,27). The van der Waals surface area contributed by atoms with E-state index in [0.717, 1.165) is 22.4 Å². The van der Waals surface area contributed by atoms with Crippen molar-refractivity contribution in [3.63, 3.8) is 0 Å². The average Bonchev–Trinajstić information content (AvgIpc) is 2.72. The molecule has 1 N–H and O–H groups in total. The molecule has 0 fully saturated rings. The second-order valence-corrected chi connectivity index (χ2v) is 6.36. The molecular weight excluding hydrogens is 336 g/mol. The molecule has 27 heavy (non-hydrogen) atoms. The lowest BCUT2D eigenvalue weighted by Gasteiger charge is -2.15. The SMILES string of the molecule is O=C(O)c1c(CCc2cccnc2)c(-c2ccccc2)nc2ccccc12. The molecule has 2 aromatic heterocycles. The molecule has 0 aliphatic heterocycles. The van der Waals surface area contributed by atoms with E-state index >= 15 is 0 Å². The molecule has 0 radical (unpaired) electrons. The first-order valence-electron chi connectivity index (χ1n) is 8.83.